The molecule has 2 nitrogen and oxygen atoms in total. The van der Waals surface area contributed by atoms with Gasteiger partial charge in [-0.25, -0.2) is 8.78 Å². The van der Waals surface area contributed by atoms with Crippen molar-refractivity contribution in [3.05, 3.63) is 59.3 Å². The molecule has 0 saturated carbocycles. The number of benzene rings is 2. The van der Waals surface area contributed by atoms with Crippen LogP contribution in [0.3, 0.4) is 0 Å². The lowest BCUT2D eigenvalue weighted by Crippen LogP contribution is -1.88. The number of hydrogen-bond donors (Lipinski definition) is 1. The summed E-state index contributed by atoms with van der Waals surface area (Å²) in [6, 6.07) is 7.89. The van der Waals surface area contributed by atoms with Gasteiger partial charge in [-0.3, -0.25) is 4.98 Å². The van der Waals surface area contributed by atoms with Crippen molar-refractivity contribution in [3.63, 3.8) is 0 Å². The van der Waals surface area contributed by atoms with Gasteiger partial charge in [-0.1, -0.05) is 11.6 Å². The summed E-state index contributed by atoms with van der Waals surface area (Å²) in [6.07, 6.45) is 1.51. The highest BCUT2D eigenvalue weighted by Gasteiger charge is 2.14. The maximum absolute atomic E-state index is 13.3. The van der Waals surface area contributed by atoms with Crippen LogP contribution in [0.15, 0.2) is 42.6 Å². The third-order valence-corrected chi connectivity index (χ3v) is 3.30. The average Bonchev–Trinajstić information content (AvgIpc) is 2.42. The van der Waals surface area contributed by atoms with Crippen LogP contribution >= 0.6 is 11.6 Å². The Morgan fingerprint density at radius 1 is 1.05 bits per heavy atom. The molecule has 0 unspecified atom stereocenters. The fraction of sp³-hybridized carbons (Fsp3) is 0. The van der Waals surface area contributed by atoms with Crippen molar-refractivity contribution in [3.8, 4) is 16.9 Å². The van der Waals surface area contributed by atoms with Crippen LogP contribution in [-0.4, -0.2) is 10.1 Å². The Hall–Kier alpha value is -2.20. The van der Waals surface area contributed by atoms with Gasteiger partial charge in [0.15, 0.2) is 0 Å². The van der Waals surface area contributed by atoms with E-state index in [1.54, 1.807) is 12.1 Å². The summed E-state index contributed by atoms with van der Waals surface area (Å²) in [7, 11) is 0. The molecule has 0 atom stereocenters. The van der Waals surface area contributed by atoms with Crippen LogP contribution in [-0.2, 0) is 0 Å². The van der Waals surface area contributed by atoms with Gasteiger partial charge in [-0.15, -0.1) is 0 Å². The molecular weight excluding hydrogens is 284 g/mol. The second kappa shape index (κ2) is 4.72. The Morgan fingerprint density at radius 3 is 2.45 bits per heavy atom. The zero-order valence-electron chi connectivity index (χ0n) is 10.1. The van der Waals surface area contributed by atoms with Crippen LogP contribution in [0.4, 0.5) is 8.78 Å². The van der Waals surface area contributed by atoms with Gasteiger partial charge in [-0.05, 0) is 35.9 Å². The van der Waals surface area contributed by atoms with E-state index in [0.717, 1.165) is 18.2 Å². The lowest BCUT2D eigenvalue weighted by Gasteiger charge is -2.09. The first-order chi connectivity index (χ1) is 9.56. The van der Waals surface area contributed by atoms with E-state index in [1.807, 2.05) is 0 Å². The Morgan fingerprint density at radius 2 is 1.75 bits per heavy atom. The first kappa shape index (κ1) is 12.8. The van der Waals surface area contributed by atoms with E-state index in [2.05, 4.69) is 4.98 Å². The monoisotopic (exact) mass is 291 g/mol. The molecule has 2 aromatic carbocycles. The van der Waals surface area contributed by atoms with Crippen LogP contribution in [0, 0.1) is 11.6 Å². The summed E-state index contributed by atoms with van der Waals surface area (Å²) in [6.45, 7) is 0. The number of phenolic OH excluding ortho intramolecular Hbond substituents is 1. The highest BCUT2D eigenvalue weighted by Crippen LogP contribution is 2.39. The van der Waals surface area contributed by atoms with Crippen molar-refractivity contribution in [1.82, 2.24) is 4.98 Å². The Balaban J connectivity index is 2.34. The van der Waals surface area contributed by atoms with E-state index in [-0.39, 0.29) is 16.9 Å². The number of aromatic hydroxyl groups is 1. The van der Waals surface area contributed by atoms with E-state index < -0.39 is 11.6 Å². The minimum Gasteiger partial charge on any atom is -0.505 e. The lowest BCUT2D eigenvalue weighted by molar-refractivity contribution is 0.482. The first-order valence-electron chi connectivity index (χ1n) is 5.79. The molecule has 0 fully saturated rings. The molecule has 0 saturated heterocycles. The van der Waals surface area contributed by atoms with E-state index in [1.165, 1.54) is 12.3 Å². The molecule has 5 heteroatoms. The number of nitrogens with zero attached hydrogens (tertiary/aromatic N) is 1. The molecule has 1 heterocycles. The Bertz CT molecular complexity index is 800. The van der Waals surface area contributed by atoms with E-state index in [9.17, 15) is 13.9 Å². The lowest BCUT2D eigenvalue weighted by atomic mass is 10.0. The first-order valence-corrected chi connectivity index (χ1v) is 6.17. The SMILES string of the molecule is Oc1c(-c2cc(F)cc(F)c2)cc(Cl)c2cccnc12. The summed E-state index contributed by atoms with van der Waals surface area (Å²) in [5, 5.41) is 11.2. The third kappa shape index (κ3) is 2.08. The molecule has 0 radical (unpaired) electrons. The van der Waals surface area contributed by atoms with Crippen molar-refractivity contribution < 1.29 is 13.9 Å². The third-order valence-electron chi connectivity index (χ3n) is 2.99. The maximum atomic E-state index is 13.3. The minimum absolute atomic E-state index is 0.157. The molecule has 3 rings (SSSR count). The van der Waals surface area contributed by atoms with Gasteiger partial charge in [0.05, 0.1) is 5.02 Å². The summed E-state index contributed by atoms with van der Waals surface area (Å²) in [5.74, 6) is -1.61. The quantitative estimate of drug-likeness (QED) is 0.714. The fourth-order valence-corrected chi connectivity index (χ4v) is 2.38. The van der Waals surface area contributed by atoms with E-state index in [4.69, 9.17) is 11.6 Å². The zero-order valence-corrected chi connectivity index (χ0v) is 10.8. The maximum Gasteiger partial charge on any atom is 0.149 e. The normalized spacial score (nSPS) is 10.9. The molecule has 0 aliphatic heterocycles. The van der Waals surface area contributed by atoms with Gasteiger partial charge in [0.25, 0.3) is 0 Å². The number of halogens is 3. The smallest absolute Gasteiger partial charge is 0.149 e. The minimum atomic E-state index is -0.725. The van der Waals surface area contributed by atoms with Crippen LogP contribution in [0.5, 0.6) is 5.75 Å². The van der Waals surface area contributed by atoms with Crippen molar-refractivity contribution in [2.45, 2.75) is 0 Å². The molecular formula is C15H8ClF2NO. The predicted octanol–water partition coefficient (Wildman–Crippen LogP) is 4.54. The largest absolute Gasteiger partial charge is 0.505 e. The second-order valence-electron chi connectivity index (χ2n) is 4.31. The molecule has 100 valence electrons. The molecule has 0 spiro atoms. The molecule has 1 N–H and O–H groups in total. The van der Waals surface area contributed by atoms with E-state index >= 15 is 0 Å². The van der Waals surface area contributed by atoms with Gasteiger partial charge in [0.1, 0.15) is 22.9 Å². The summed E-state index contributed by atoms with van der Waals surface area (Å²) < 4.78 is 26.6. The number of pyridine rings is 1. The molecule has 0 bridgehead atoms. The van der Waals surface area contributed by atoms with Gasteiger partial charge in [0, 0.05) is 23.2 Å². The topological polar surface area (TPSA) is 33.1 Å². The van der Waals surface area contributed by atoms with Crippen LogP contribution in [0.1, 0.15) is 0 Å². The summed E-state index contributed by atoms with van der Waals surface area (Å²) >= 11 is 6.13. The zero-order chi connectivity index (χ0) is 14.3. The highest BCUT2D eigenvalue weighted by atomic mass is 35.5. The predicted molar refractivity (Wildman–Crippen MR) is 73.8 cm³/mol. The van der Waals surface area contributed by atoms with Crippen molar-refractivity contribution >= 4 is 22.5 Å². The van der Waals surface area contributed by atoms with Crippen LogP contribution in [0.2, 0.25) is 5.02 Å². The summed E-state index contributed by atoms with van der Waals surface area (Å²) in [4.78, 5) is 4.05. The second-order valence-corrected chi connectivity index (χ2v) is 4.72. The average molecular weight is 292 g/mol. The standard InChI is InChI=1S/C15H8ClF2NO/c16-13-7-12(8-4-9(17)6-10(18)5-8)15(20)14-11(13)2-1-3-19-14/h1-7,20H. The molecule has 0 aliphatic rings. The Labute approximate surface area is 118 Å². The number of hydrogen-bond acceptors (Lipinski definition) is 2. The van der Waals surface area contributed by atoms with Crippen LogP contribution < -0.4 is 0 Å². The highest BCUT2D eigenvalue weighted by molar-refractivity contribution is 6.36. The number of aromatic nitrogens is 1. The Kier molecular flexibility index (Phi) is 3.03. The molecule has 0 aliphatic carbocycles. The summed E-state index contributed by atoms with van der Waals surface area (Å²) in [5.41, 5.74) is 0.730. The van der Waals surface area contributed by atoms with Crippen molar-refractivity contribution in [2.24, 2.45) is 0 Å². The van der Waals surface area contributed by atoms with Crippen molar-refractivity contribution in [2.75, 3.05) is 0 Å². The number of rotatable bonds is 1. The molecule has 0 amide bonds. The van der Waals surface area contributed by atoms with E-state index in [0.29, 0.717) is 15.9 Å². The van der Waals surface area contributed by atoms with Gasteiger partial charge in [-0.2, -0.15) is 0 Å². The van der Waals surface area contributed by atoms with Gasteiger partial charge < -0.3 is 5.11 Å². The fourth-order valence-electron chi connectivity index (χ4n) is 2.12. The van der Waals surface area contributed by atoms with Gasteiger partial charge in [0.2, 0.25) is 0 Å². The van der Waals surface area contributed by atoms with Crippen LogP contribution in [0.25, 0.3) is 22.0 Å². The number of phenols is 1. The molecule has 3 aromatic rings. The van der Waals surface area contributed by atoms with Crippen molar-refractivity contribution in [1.29, 1.82) is 0 Å². The molecule has 20 heavy (non-hydrogen) atoms. The number of fused-ring (bicyclic) bond motifs is 1. The molecule has 1 aromatic heterocycles. The van der Waals surface area contributed by atoms with Gasteiger partial charge >= 0.3 is 0 Å².